The summed E-state index contributed by atoms with van der Waals surface area (Å²) in [5.74, 6) is -1.72. The first-order chi connectivity index (χ1) is 18.2. The molecule has 38 heavy (non-hydrogen) atoms. The molecule has 3 heterocycles. The number of nitrogens with zero attached hydrogens (tertiary/aromatic N) is 5. The van der Waals surface area contributed by atoms with Gasteiger partial charge in [-0.3, -0.25) is 9.59 Å². The Kier molecular flexibility index (Phi) is 6.00. The van der Waals surface area contributed by atoms with Gasteiger partial charge in [-0.05, 0) is 61.9 Å². The molecule has 3 aromatic heterocycles. The molecular weight excluding hydrogens is 489 g/mol. The molecule has 0 unspecified atom stereocenters. The third-order valence-corrected chi connectivity index (χ3v) is 6.21. The molecule has 10 nitrogen and oxygen atoms in total. The molecule has 0 aliphatic carbocycles. The Hall–Kier alpha value is -5.24. The fourth-order valence-corrected chi connectivity index (χ4v) is 4.47. The van der Waals surface area contributed by atoms with Crippen LogP contribution < -0.4 is 16.7 Å². The van der Waals surface area contributed by atoms with E-state index in [4.69, 9.17) is 5.73 Å². The van der Waals surface area contributed by atoms with Crippen molar-refractivity contribution in [2.24, 2.45) is 12.8 Å². The normalized spacial score (nSPS) is 10.9. The number of fused-ring (bicyclic) bond motifs is 1. The number of anilines is 1. The van der Waals surface area contributed by atoms with Gasteiger partial charge in [0.25, 0.3) is 11.8 Å². The van der Waals surface area contributed by atoms with Crippen LogP contribution in [0.1, 0.15) is 33.6 Å². The number of hydrogen-bond donors (Lipinski definition) is 2. The van der Waals surface area contributed by atoms with E-state index in [9.17, 15) is 18.8 Å². The smallest absolute Gasteiger partial charge is 0.350 e. The fraction of sp³-hybridized carbons (Fsp3) is 0.148. The quantitative estimate of drug-likeness (QED) is 0.362. The molecule has 0 atom stereocenters. The van der Waals surface area contributed by atoms with Gasteiger partial charge in [-0.25, -0.2) is 18.4 Å². The van der Waals surface area contributed by atoms with Crippen LogP contribution >= 0.6 is 0 Å². The van der Waals surface area contributed by atoms with E-state index in [0.29, 0.717) is 29.0 Å². The standard InChI is InChI=1S/C27H22FN7O3/c1-4-34-22(16-5-8-19(9-6-16)35-15(2)32-33(3)27(35)38)13-17-11-12-30-23(24(17)34)26(37)31-18-7-10-21(28)20(14-18)25(29)36/h5-10,13-14H,4H2,1-3H3,(H2,29,36)(H,31,37). The third kappa shape index (κ3) is 4.08. The van der Waals surface area contributed by atoms with Crippen LogP contribution in [0.2, 0.25) is 0 Å². The molecule has 0 saturated heterocycles. The van der Waals surface area contributed by atoms with Crippen molar-refractivity contribution in [1.82, 2.24) is 23.9 Å². The van der Waals surface area contributed by atoms with Crippen LogP contribution in [0.25, 0.3) is 27.8 Å². The van der Waals surface area contributed by atoms with Crippen molar-refractivity contribution in [2.45, 2.75) is 20.4 Å². The van der Waals surface area contributed by atoms with Crippen LogP contribution in [-0.4, -0.2) is 35.7 Å². The topological polar surface area (TPSA) is 130 Å². The summed E-state index contributed by atoms with van der Waals surface area (Å²) in [6.45, 7) is 4.22. The Morgan fingerprint density at radius 1 is 1.13 bits per heavy atom. The number of primary amides is 1. The Labute approximate surface area is 216 Å². The number of aromatic nitrogens is 5. The molecule has 190 valence electrons. The van der Waals surface area contributed by atoms with Crippen LogP contribution in [-0.2, 0) is 13.6 Å². The van der Waals surface area contributed by atoms with E-state index in [1.165, 1.54) is 21.4 Å². The number of nitrogens with one attached hydrogen (secondary N) is 1. The van der Waals surface area contributed by atoms with E-state index in [2.05, 4.69) is 27.7 Å². The minimum Gasteiger partial charge on any atom is -0.366 e. The van der Waals surface area contributed by atoms with Gasteiger partial charge in [-0.1, -0.05) is 12.1 Å². The second-order valence-corrected chi connectivity index (χ2v) is 8.58. The van der Waals surface area contributed by atoms with Crippen LogP contribution in [0.3, 0.4) is 0 Å². The highest BCUT2D eigenvalue weighted by Gasteiger charge is 2.20. The average molecular weight is 512 g/mol. The Balaban J connectivity index is 1.53. The summed E-state index contributed by atoms with van der Waals surface area (Å²) in [6, 6.07) is 15.8. The molecule has 0 spiro atoms. The Morgan fingerprint density at radius 3 is 2.50 bits per heavy atom. The number of halogens is 1. The molecule has 2 amide bonds. The highest BCUT2D eigenvalue weighted by Crippen LogP contribution is 2.30. The van der Waals surface area contributed by atoms with E-state index in [1.54, 1.807) is 14.0 Å². The van der Waals surface area contributed by atoms with Crippen LogP contribution in [0.15, 0.2) is 53.3 Å². The highest BCUT2D eigenvalue weighted by molar-refractivity contribution is 6.11. The minimum atomic E-state index is -0.944. The minimum absolute atomic E-state index is 0.0888. The van der Waals surface area contributed by atoms with Gasteiger partial charge in [0.2, 0.25) is 0 Å². The zero-order valence-corrected chi connectivity index (χ0v) is 20.7. The maximum atomic E-state index is 13.9. The summed E-state index contributed by atoms with van der Waals surface area (Å²) in [7, 11) is 1.60. The van der Waals surface area contributed by atoms with Gasteiger partial charge in [-0.15, -0.1) is 0 Å². The van der Waals surface area contributed by atoms with E-state index >= 15 is 0 Å². The van der Waals surface area contributed by atoms with Crippen molar-refractivity contribution in [3.05, 3.63) is 94.2 Å². The number of rotatable bonds is 6. The largest absolute Gasteiger partial charge is 0.366 e. The van der Waals surface area contributed by atoms with Crippen molar-refractivity contribution in [3.8, 4) is 16.9 Å². The van der Waals surface area contributed by atoms with Gasteiger partial charge >= 0.3 is 5.69 Å². The van der Waals surface area contributed by atoms with Crippen molar-refractivity contribution < 1.29 is 14.0 Å². The lowest BCUT2D eigenvalue weighted by molar-refractivity contribution is 0.0992. The Bertz CT molecular complexity index is 1780. The molecule has 5 aromatic rings. The molecule has 2 aromatic carbocycles. The van der Waals surface area contributed by atoms with Gasteiger partial charge in [0.15, 0.2) is 5.69 Å². The van der Waals surface area contributed by atoms with Crippen LogP contribution in [0.5, 0.6) is 0 Å². The van der Waals surface area contributed by atoms with Crippen molar-refractivity contribution >= 4 is 28.4 Å². The second kappa shape index (κ2) is 9.33. The maximum Gasteiger partial charge on any atom is 0.350 e. The summed E-state index contributed by atoms with van der Waals surface area (Å²) >= 11 is 0. The first-order valence-corrected chi connectivity index (χ1v) is 11.7. The molecule has 0 radical (unpaired) electrons. The number of benzene rings is 2. The van der Waals surface area contributed by atoms with Gasteiger partial charge in [0, 0.05) is 31.2 Å². The first kappa shape index (κ1) is 24.5. The molecule has 0 fully saturated rings. The molecule has 5 rings (SSSR count). The van der Waals surface area contributed by atoms with Gasteiger partial charge in [0.05, 0.1) is 22.2 Å². The van der Waals surface area contributed by atoms with Crippen molar-refractivity contribution in [3.63, 3.8) is 0 Å². The zero-order valence-electron chi connectivity index (χ0n) is 20.7. The number of nitrogens with two attached hydrogens (primary N) is 1. The highest BCUT2D eigenvalue weighted by atomic mass is 19.1. The van der Waals surface area contributed by atoms with Gasteiger partial charge in [-0.2, -0.15) is 10.1 Å². The summed E-state index contributed by atoms with van der Waals surface area (Å²) in [5.41, 5.74) is 7.81. The summed E-state index contributed by atoms with van der Waals surface area (Å²) < 4.78 is 18.6. The van der Waals surface area contributed by atoms with Gasteiger partial charge < -0.3 is 15.6 Å². The maximum absolute atomic E-state index is 13.9. The predicted octanol–water partition coefficient (Wildman–Crippen LogP) is 3.01. The predicted molar refractivity (Wildman–Crippen MR) is 138 cm³/mol. The summed E-state index contributed by atoms with van der Waals surface area (Å²) in [5, 5.41) is 7.44. The van der Waals surface area contributed by atoms with E-state index in [0.717, 1.165) is 17.3 Å². The number of carbonyl (C=O) groups excluding carboxylic acids is 2. The molecule has 11 heteroatoms. The SMILES string of the molecule is CCn1c(-c2ccc(-n3c(C)nn(C)c3=O)cc2)cc2c#cnc(C(=O)Nc3ccc(F)c(C(N)=O)c3)c21. The lowest BCUT2D eigenvalue weighted by Gasteiger charge is -2.11. The number of carbonyl (C=O) groups is 2. The zero-order chi connectivity index (χ0) is 27.1. The monoisotopic (exact) mass is 511 g/mol. The van der Waals surface area contributed by atoms with Crippen LogP contribution in [0.4, 0.5) is 10.1 Å². The molecule has 3 N–H and O–H groups in total. The molecule has 0 saturated carbocycles. The van der Waals surface area contributed by atoms with E-state index in [1.807, 2.05) is 41.8 Å². The average Bonchev–Trinajstić information content (AvgIpc) is 3.40. The van der Waals surface area contributed by atoms with E-state index < -0.39 is 17.6 Å². The number of amides is 2. The van der Waals surface area contributed by atoms with Crippen LogP contribution in [0, 0.1) is 25.0 Å². The molecular formula is C27H22FN7O3. The lowest BCUT2D eigenvalue weighted by Crippen LogP contribution is -2.21. The first-order valence-electron chi connectivity index (χ1n) is 11.7. The molecule has 0 aliphatic heterocycles. The number of hydrogen-bond acceptors (Lipinski definition) is 5. The van der Waals surface area contributed by atoms with E-state index in [-0.39, 0.29) is 22.6 Å². The van der Waals surface area contributed by atoms with Crippen molar-refractivity contribution in [1.29, 1.82) is 0 Å². The second-order valence-electron chi connectivity index (χ2n) is 8.58. The third-order valence-electron chi connectivity index (χ3n) is 6.21. The summed E-state index contributed by atoms with van der Waals surface area (Å²) in [6.07, 6.45) is 2.64. The Morgan fingerprint density at radius 2 is 1.87 bits per heavy atom. The summed E-state index contributed by atoms with van der Waals surface area (Å²) in [4.78, 5) is 41.3. The lowest BCUT2D eigenvalue weighted by atomic mass is 10.1. The fourth-order valence-electron chi connectivity index (χ4n) is 4.47. The van der Waals surface area contributed by atoms with Gasteiger partial charge in [0.1, 0.15) is 11.6 Å². The number of aryl methyl sites for hydroxylation is 3. The molecule has 0 aliphatic rings. The molecule has 0 bridgehead atoms. The van der Waals surface area contributed by atoms with Crippen molar-refractivity contribution in [2.75, 3.05) is 5.32 Å².